The fraction of sp³-hybridized carbons (Fsp3) is 0.778. The van der Waals surface area contributed by atoms with Gasteiger partial charge in [-0.25, -0.2) is 0 Å². The highest BCUT2D eigenvalue weighted by atomic mass is 16.6. The molecule has 4 saturated carbocycles. The maximum Gasteiger partial charge on any atom is 0.303 e. The van der Waals surface area contributed by atoms with E-state index in [9.17, 15) is 34.5 Å². The van der Waals surface area contributed by atoms with Crippen LogP contribution in [0.25, 0.3) is 0 Å². The Kier molecular flexibility index (Phi) is 6.96. The molecule has 12 heteroatoms. The van der Waals surface area contributed by atoms with Gasteiger partial charge in [-0.1, -0.05) is 34.3 Å². The Hall–Kier alpha value is -2.80. The van der Waals surface area contributed by atoms with Crippen LogP contribution < -0.4 is 0 Å². The third-order valence-electron chi connectivity index (χ3n) is 14.4. The van der Waals surface area contributed by atoms with Crippen molar-refractivity contribution >= 4 is 23.7 Å². The van der Waals surface area contributed by atoms with Gasteiger partial charge >= 0.3 is 17.9 Å². The third kappa shape index (κ3) is 3.80. The smallest absolute Gasteiger partial charge is 0.303 e. The molecular weight excluding hydrogens is 624 g/mol. The van der Waals surface area contributed by atoms with Crippen molar-refractivity contribution in [1.82, 2.24) is 0 Å². The average molecular weight is 673 g/mol. The van der Waals surface area contributed by atoms with E-state index in [0.29, 0.717) is 5.76 Å². The molecule has 1 unspecified atom stereocenters. The number of rotatable bonds is 3. The number of hydrogen-bond acceptors (Lipinski definition) is 12. The van der Waals surface area contributed by atoms with Crippen LogP contribution in [0.1, 0.15) is 68.7 Å². The van der Waals surface area contributed by atoms with Gasteiger partial charge in [-0.3, -0.25) is 19.2 Å². The molecule has 264 valence electrons. The minimum absolute atomic E-state index is 0.126. The third-order valence-corrected chi connectivity index (χ3v) is 14.4. The molecular formula is C36H48O12. The molecule has 7 aliphatic rings. The Balaban J connectivity index is 1.52. The second-order valence-electron chi connectivity index (χ2n) is 16.6. The van der Waals surface area contributed by atoms with Gasteiger partial charge < -0.3 is 39.0 Å². The van der Waals surface area contributed by atoms with Gasteiger partial charge in [0.1, 0.15) is 41.5 Å². The minimum Gasteiger partial charge on any atom is -0.463 e. The lowest BCUT2D eigenvalue weighted by molar-refractivity contribution is -0.313. The summed E-state index contributed by atoms with van der Waals surface area (Å²) >= 11 is 0. The van der Waals surface area contributed by atoms with Crippen LogP contribution in [0.15, 0.2) is 24.2 Å². The summed E-state index contributed by atoms with van der Waals surface area (Å²) in [6, 6.07) is 0. The molecule has 6 fully saturated rings. The summed E-state index contributed by atoms with van der Waals surface area (Å²) in [4.78, 5) is 53.2. The molecule has 2 saturated heterocycles. The van der Waals surface area contributed by atoms with Gasteiger partial charge in [-0.2, -0.15) is 0 Å². The summed E-state index contributed by atoms with van der Waals surface area (Å²) in [6.07, 6.45) is -1.61. The number of fused-ring (bicyclic) bond motifs is 10. The summed E-state index contributed by atoms with van der Waals surface area (Å²) in [5.41, 5.74) is -5.15. The van der Waals surface area contributed by atoms with Crippen molar-refractivity contribution in [3.05, 3.63) is 24.2 Å². The number of epoxide rings is 1. The van der Waals surface area contributed by atoms with Gasteiger partial charge in [0.05, 0.1) is 11.5 Å². The fourth-order valence-corrected chi connectivity index (χ4v) is 12.6. The van der Waals surface area contributed by atoms with E-state index in [0.717, 1.165) is 0 Å². The number of carbonyl (C=O) groups is 4. The Morgan fingerprint density at radius 2 is 1.42 bits per heavy atom. The average Bonchev–Trinajstić information content (AvgIpc) is 3.65. The SMILES string of the molecule is C=C1OC2=C[C@@H](C)[C@H]3[C@@H]([C@H](OC(C)=O)[C@H]4[C@H]5C([C@H](C)[C@H](OC(C)=O)[C@]34C)[C@]3(C)[C@H](C[C@@H]4O[C@@H]4[C@@H]3OC(C)=O)C(=O)C5(O)O)[C@@]2(C)[C@]1(C)O. The van der Waals surface area contributed by atoms with Gasteiger partial charge in [0.15, 0.2) is 5.78 Å². The molecule has 12 nitrogen and oxygen atoms in total. The zero-order chi connectivity index (χ0) is 35.4. The number of esters is 3. The number of ketones is 1. The van der Waals surface area contributed by atoms with Crippen LogP contribution in [0.2, 0.25) is 0 Å². The van der Waals surface area contributed by atoms with E-state index >= 15 is 0 Å². The van der Waals surface area contributed by atoms with Crippen LogP contribution in [0.3, 0.4) is 0 Å². The van der Waals surface area contributed by atoms with Gasteiger partial charge in [-0.05, 0) is 50.0 Å². The lowest BCUT2D eigenvalue weighted by Gasteiger charge is -2.66. The maximum atomic E-state index is 14.5. The highest BCUT2D eigenvalue weighted by Crippen LogP contribution is 2.77. The highest BCUT2D eigenvalue weighted by Gasteiger charge is 2.84. The Morgan fingerprint density at radius 1 is 0.833 bits per heavy atom. The standard InChI is InChI=1S/C36H48O12/c1-13-11-21-34(9,35(10,41)15(3)44-21)26-22(13)33(8)25(28(26)45-16(4)37)24-23(14(2)30(33)46-17(5)38)32(7)19(29(40)36(24,42)43)12-20-27(48-20)31(32)47-18(6)39/h11,13-14,19-20,22-28,30-31,41-43H,3,12H2,1-2,4-10H3/t13-,14+,19-,20+,22+,23?,24-,25-,26+,27+,28-,30+,31+,32+,33-,34+,35-/m1/s1. The van der Waals surface area contributed by atoms with Crippen molar-refractivity contribution in [2.24, 2.45) is 63.6 Å². The summed E-state index contributed by atoms with van der Waals surface area (Å²) in [5, 5.41) is 36.6. The lowest BCUT2D eigenvalue weighted by atomic mass is 9.39. The van der Waals surface area contributed by atoms with Crippen LogP contribution in [0, 0.1) is 63.6 Å². The zero-order valence-electron chi connectivity index (χ0n) is 29.0. The van der Waals surface area contributed by atoms with Crippen molar-refractivity contribution in [2.45, 2.75) is 111 Å². The number of aliphatic hydroxyl groups is 3. The van der Waals surface area contributed by atoms with E-state index in [-0.39, 0.29) is 24.2 Å². The van der Waals surface area contributed by atoms with Crippen LogP contribution in [0.4, 0.5) is 0 Å². The minimum atomic E-state index is -2.90. The molecule has 5 aliphatic carbocycles. The molecule has 3 N–H and O–H groups in total. The van der Waals surface area contributed by atoms with E-state index < -0.39 is 117 Å². The second kappa shape index (κ2) is 9.92. The first kappa shape index (κ1) is 33.7. The first-order chi connectivity index (χ1) is 22.1. The van der Waals surface area contributed by atoms with Crippen LogP contribution >= 0.6 is 0 Å². The van der Waals surface area contributed by atoms with Gasteiger partial charge in [0.2, 0.25) is 5.79 Å². The predicted molar refractivity (Wildman–Crippen MR) is 165 cm³/mol. The molecule has 0 amide bonds. The first-order valence-corrected chi connectivity index (χ1v) is 17.1. The molecule has 17 atom stereocenters. The molecule has 0 aromatic carbocycles. The number of hydrogen-bond donors (Lipinski definition) is 3. The summed E-state index contributed by atoms with van der Waals surface area (Å²) in [5.74, 6) is -11.0. The zero-order valence-corrected chi connectivity index (χ0v) is 29.0. The number of allylic oxidation sites excluding steroid dienone is 1. The van der Waals surface area contributed by atoms with Crippen molar-refractivity contribution in [1.29, 1.82) is 0 Å². The lowest BCUT2D eigenvalue weighted by Crippen LogP contribution is -2.76. The molecule has 7 rings (SSSR count). The van der Waals surface area contributed by atoms with Crippen molar-refractivity contribution < 1.29 is 58.2 Å². The summed E-state index contributed by atoms with van der Waals surface area (Å²) < 4.78 is 30.6. The van der Waals surface area contributed by atoms with Crippen LogP contribution in [0.5, 0.6) is 0 Å². The fourth-order valence-electron chi connectivity index (χ4n) is 12.6. The van der Waals surface area contributed by atoms with Crippen molar-refractivity contribution in [3.63, 3.8) is 0 Å². The molecule has 2 heterocycles. The number of carbonyl (C=O) groups excluding carboxylic acids is 4. The Bertz CT molecular complexity index is 1550. The monoisotopic (exact) mass is 672 g/mol. The van der Waals surface area contributed by atoms with Gasteiger partial charge in [0.25, 0.3) is 0 Å². The van der Waals surface area contributed by atoms with Crippen molar-refractivity contribution in [3.8, 4) is 0 Å². The largest absolute Gasteiger partial charge is 0.463 e. The normalized spacial score (nSPS) is 53.8. The quantitative estimate of drug-likeness (QED) is 0.173. The molecule has 0 bridgehead atoms. The van der Waals surface area contributed by atoms with E-state index in [4.69, 9.17) is 23.7 Å². The molecule has 2 aliphatic heterocycles. The molecule has 48 heavy (non-hydrogen) atoms. The van der Waals surface area contributed by atoms with E-state index in [1.807, 2.05) is 40.7 Å². The second-order valence-corrected chi connectivity index (χ2v) is 16.6. The summed E-state index contributed by atoms with van der Waals surface area (Å²) in [6.45, 7) is 18.9. The van der Waals surface area contributed by atoms with Gasteiger partial charge in [0, 0.05) is 55.3 Å². The molecule has 0 aromatic rings. The highest BCUT2D eigenvalue weighted by molar-refractivity contribution is 5.90. The maximum absolute atomic E-state index is 14.5. The van der Waals surface area contributed by atoms with Crippen molar-refractivity contribution in [2.75, 3.05) is 0 Å². The van der Waals surface area contributed by atoms with Crippen LogP contribution in [-0.4, -0.2) is 80.9 Å². The topological polar surface area (TPSA) is 178 Å². The predicted octanol–water partition coefficient (Wildman–Crippen LogP) is 2.42. The Labute approximate surface area is 280 Å². The Morgan fingerprint density at radius 3 is 2.00 bits per heavy atom. The molecule has 0 radical (unpaired) electrons. The summed E-state index contributed by atoms with van der Waals surface area (Å²) in [7, 11) is 0. The number of Topliss-reactive ketones (excluding diaryl/α,β-unsaturated/α-hetero) is 1. The first-order valence-electron chi connectivity index (χ1n) is 17.1. The number of ether oxygens (including phenoxy) is 5. The van der Waals surface area contributed by atoms with Crippen LogP contribution in [-0.2, 0) is 42.9 Å². The van der Waals surface area contributed by atoms with E-state index in [1.54, 1.807) is 6.92 Å². The molecule has 0 aromatic heterocycles. The molecule has 0 spiro atoms. The van der Waals surface area contributed by atoms with Gasteiger partial charge in [-0.15, -0.1) is 0 Å². The van der Waals surface area contributed by atoms with E-state index in [1.165, 1.54) is 20.8 Å². The van der Waals surface area contributed by atoms with E-state index in [2.05, 4.69) is 6.58 Å².